The Morgan fingerprint density at radius 1 is 1.38 bits per heavy atom. The van der Waals surface area contributed by atoms with Gasteiger partial charge < -0.3 is 5.32 Å². The van der Waals surface area contributed by atoms with E-state index in [2.05, 4.69) is 33.7 Å². The van der Waals surface area contributed by atoms with Crippen molar-refractivity contribution >= 4 is 22.9 Å². The molecule has 0 spiro atoms. The number of nitrogens with zero attached hydrogens (tertiary/aromatic N) is 3. The first kappa shape index (κ1) is 11.6. The van der Waals surface area contributed by atoms with E-state index in [0.717, 1.165) is 30.9 Å². The third-order valence-corrected chi connectivity index (χ3v) is 3.99. The standard InChI is InChI=1S/C10H14N4S2/c1-7-8(2)16-10(12-7)3-4-11-5-9-6-15-14-13-9/h6,11H,3-5H2,1-2H3. The van der Waals surface area contributed by atoms with E-state index in [1.165, 1.54) is 21.4 Å². The summed E-state index contributed by atoms with van der Waals surface area (Å²) in [6, 6.07) is 0. The molecule has 1 N–H and O–H groups in total. The molecule has 2 aromatic heterocycles. The Hall–Kier alpha value is -0.850. The third kappa shape index (κ3) is 3.07. The number of hydrogen-bond acceptors (Lipinski definition) is 6. The SMILES string of the molecule is Cc1nc(CCNCc2csnn2)sc1C. The molecular weight excluding hydrogens is 240 g/mol. The van der Waals surface area contributed by atoms with Crippen LogP contribution in [0.25, 0.3) is 0 Å². The van der Waals surface area contributed by atoms with Crippen molar-refractivity contribution in [2.24, 2.45) is 0 Å². The Morgan fingerprint density at radius 2 is 2.25 bits per heavy atom. The van der Waals surface area contributed by atoms with Crippen LogP contribution in [0, 0.1) is 13.8 Å². The Bertz CT molecular complexity index is 416. The first-order chi connectivity index (χ1) is 7.75. The van der Waals surface area contributed by atoms with E-state index in [4.69, 9.17) is 0 Å². The summed E-state index contributed by atoms with van der Waals surface area (Å²) in [4.78, 5) is 5.82. The second-order valence-corrected chi connectivity index (χ2v) is 5.47. The van der Waals surface area contributed by atoms with Crippen molar-refractivity contribution < 1.29 is 0 Å². The number of aromatic nitrogens is 3. The van der Waals surface area contributed by atoms with Crippen LogP contribution in [-0.2, 0) is 13.0 Å². The fraction of sp³-hybridized carbons (Fsp3) is 0.500. The fourth-order valence-corrected chi connectivity index (χ4v) is 2.70. The van der Waals surface area contributed by atoms with Gasteiger partial charge in [0, 0.05) is 29.8 Å². The Balaban J connectivity index is 1.72. The first-order valence-corrected chi connectivity index (χ1v) is 6.80. The molecule has 2 rings (SSSR count). The molecule has 0 aliphatic heterocycles. The molecular formula is C10H14N4S2. The predicted molar refractivity (Wildman–Crippen MR) is 66.9 cm³/mol. The number of hydrogen-bond donors (Lipinski definition) is 1. The van der Waals surface area contributed by atoms with Gasteiger partial charge in [0.25, 0.3) is 0 Å². The topological polar surface area (TPSA) is 50.7 Å². The summed E-state index contributed by atoms with van der Waals surface area (Å²) in [7, 11) is 0. The normalized spacial score (nSPS) is 10.9. The summed E-state index contributed by atoms with van der Waals surface area (Å²) in [6.45, 7) is 5.90. The highest BCUT2D eigenvalue weighted by atomic mass is 32.1. The van der Waals surface area contributed by atoms with Gasteiger partial charge in [0.2, 0.25) is 0 Å². The van der Waals surface area contributed by atoms with Gasteiger partial charge in [0.1, 0.15) is 0 Å². The molecule has 2 heterocycles. The van der Waals surface area contributed by atoms with Gasteiger partial charge in [-0.25, -0.2) is 4.98 Å². The van der Waals surface area contributed by atoms with Crippen LogP contribution in [0.2, 0.25) is 0 Å². The van der Waals surface area contributed by atoms with E-state index in [-0.39, 0.29) is 0 Å². The summed E-state index contributed by atoms with van der Waals surface area (Å²) >= 11 is 3.17. The van der Waals surface area contributed by atoms with Gasteiger partial charge in [-0.05, 0) is 25.4 Å². The van der Waals surface area contributed by atoms with Crippen molar-refractivity contribution in [2.75, 3.05) is 6.54 Å². The van der Waals surface area contributed by atoms with Gasteiger partial charge in [-0.1, -0.05) is 4.49 Å². The lowest BCUT2D eigenvalue weighted by atomic mass is 10.4. The molecule has 0 amide bonds. The molecule has 0 aromatic carbocycles. The highest BCUT2D eigenvalue weighted by molar-refractivity contribution is 7.11. The Morgan fingerprint density at radius 3 is 2.88 bits per heavy atom. The van der Waals surface area contributed by atoms with Crippen molar-refractivity contribution in [3.8, 4) is 0 Å². The van der Waals surface area contributed by atoms with Crippen LogP contribution >= 0.6 is 22.9 Å². The molecule has 2 aromatic rings. The molecule has 0 radical (unpaired) electrons. The maximum Gasteiger partial charge on any atom is 0.0943 e. The minimum atomic E-state index is 0.792. The molecule has 0 aliphatic rings. The lowest BCUT2D eigenvalue weighted by Crippen LogP contribution is -2.16. The van der Waals surface area contributed by atoms with Crippen LogP contribution in [-0.4, -0.2) is 21.1 Å². The van der Waals surface area contributed by atoms with Crippen molar-refractivity contribution in [1.29, 1.82) is 0 Å². The van der Waals surface area contributed by atoms with Gasteiger partial charge in [0.05, 0.1) is 16.4 Å². The molecule has 0 bridgehead atoms. The van der Waals surface area contributed by atoms with Crippen molar-refractivity contribution in [3.05, 3.63) is 26.7 Å². The van der Waals surface area contributed by atoms with Gasteiger partial charge in [0.15, 0.2) is 0 Å². The van der Waals surface area contributed by atoms with Gasteiger partial charge in [-0.15, -0.1) is 16.4 Å². The van der Waals surface area contributed by atoms with E-state index < -0.39 is 0 Å². The van der Waals surface area contributed by atoms with E-state index in [1.807, 2.05) is 5.38 Å². The zero-order chi connectivity index (χ0) is 11.4. The van der Waals surface area contributed by atoms with Crippen LogP contribution in [0.5, 0.6) is 0 Å². The summed E-state index contributed by atoms with van der Waals surface area (Å²) in [6.07, 6.45) is 0.983. The number of thiazole rings is 1. The smallest absolute Gasteiger partial charge is 0.0943 e. The van der Waals surface area contributed by atoms with E-state index in [0.29, 0.717) is 0 Å². The zero-order valence-electron chi connectivity index (χ0n) is 9.36. The van der Waals surface area contributed by atoms with Gasteiger partial charge in [-0.3, -0.25) is 0 Å². The van der Waals surface area contributed by atoms with Crippen LogP contribution < -0.4 is 5.32 Å². The van der Waals surface area contributed by atoms with Gasteiger partial charge >= 0.3 is 0 Å². The van der Waals surface area contributed by atoms with Crippen molar-refractivity contribution in [1.82, 2.24) is 19.9 Å². The average molecular weight is 254 g/mol. The van der Waals surface area contributed by atoms with Gasteiger partial charge in [-0.2, -0.15) is 0 Å². The van der Waals surface area contributed by atoms with Crippen LogP contribution in [0.1, 0.15) is 21.3 Å². The minimum Gasteiger partial charge on any atom is -0.311 e. The molecule has 0 aliphatic carbocycles. The molecule has 16 heavy (non-hydrogen) atoms. The summed E-state index contributed by atoms with van der Waals surface area (Å²) in [5.41, 5.74) is 2.17. The minimum absolute atomic E-state index is 0.792. The Kier molecular flexibility index (Phi) is 3.98. The number of rotatable bonds is 5. The molecule has 0 fully saturated rings. The van der Waals surface area contributed by atoms with Crippen molar-refractivity contribution in [2.45, 2.75) is 26.8 Å². The Labute approximate surface area is 103 Å². The van der Waals surface area contributed by atoms with Crippen LogP contribution in [0.3, 0.4) is 0 Å². The van der Waals surface area contributed by atoms with E-state index in [9.17, 15) is 0 Å². The van der Waals surface area contributed by atoms with Crippen molar-refractivity contribution in [3.63, 3.8) is 0 Å². The molecule has 6 heteroatoms. The maximum absolute atomic E-state index is 4.50. The number of aryl methyl sites for hydroxylation is 2. The quantitative estimate of drug-likeness (QED) is 0.829. The first-order valence-electron chi connectivity index (χ1n) is 5.15. The molecule has 0 unspecified atom stereocenters. The van der Waals surface area contributed by atoms with Crippen LogP contribution in [0.15, 0.2) is 5.38 Å². The summed E-state index contributed by atoms with van der Waals surface area (Å²) in [5.74, 6) is 0. The zero-order valence-corrected chi connectivity index (χ0v) is 11.0. The summed E-state index contributed by atoms with van der Waals surface area (Å²) < 4.78 is 3.82. The second kappa shape index (κ2) is 5.47. The molecule has 0 saturated carbocycles. The second-order valence-electron chi connectivity index (χ2n) is 3.57. The van der Waals surface area contributed by atoms with E-state index in [1.54, 1.807) is 11.3 Å². The molecule has 0 saturated heterocycles. The molecule has 4 nitrogen and oxygen atoms in total. The lowest BCUT2D eigenvalue weighted by Gasteiger charge is -1.99. The monoisotopic (exact) mass is 254 g/mol. The molecule has 86 valence electrons. The van der Waals surface area contributed by atoms with E-state index >= 15 is 0 Å². The number of nitrogens with one attached hydrogen (secondary N) is 1. The maximum atomic E-state index is 4.50. The molecule has 0 atom stereocenters. The highest BCUT2D eigenvalue weighted by Gasteiger charge is 2.03. The largest absolute Gasteiger partial charge is 0.311 e. The average Bonchev–Trinajstić information content (AvgIpc) is 2.85. The predicted octanol–water partition coefficient (Wildman–Crippen LogP) is 1.94. The summed E-state index contributed by atoms with van der Waals surface area (Å²) in [5, 5.41) is 10.5. The fourth-order valence-electron chi connectivity index (χ4n) is 1.32. The third-order valence-electron chi connectivity index (χ3n) is 2.30. The lowest BCUT2D eigenvalue weighted by molar-refractivity contribution is 0.671. The highest BCUT2D eigenvalue weighted by Crippen LogP contribution is 2.16. The van der Waals surface area contributed by atoms with Crippen LogP contribution in [0.4, 0.5) is 0 Å².